The zero-order valence-electron chi connectivity index (χ0n) is 11.5. The quantitative estimate of drug-likeness (QED) is 0.561. The summed E-state index contributed by atoms with van der Waals surface area (Å²) in [6.45, 7) is 8.79. The van der Waals surface area contributed by atoms with E-state index in [9.17, 15) is 9.59 Å². The summed E-state index contributed by atoms with van der Waals surface area (Å²) in [4.78, 5) is 25.3. The van der Waals surface area contributed by atoms with Crippen molar-refractivity contribution in [1.82, 2.24) is 10.2 Å². The van der Waals surface area contributed by atoms with E-state index in [0.717, 1.165) is 0 Å². The molecule has 4 nitrogen and oxygen atoms in total. The molecule has 1 aromatic rings. The number of amides is 2. The summed E-state index contributed by atoms with van der Waals surface area (Å²) in [7, 11) is 0. The molecule has 1 heterocycles. The van der Waals surface area contributed by atoms with Crippen molar-refractivity contribution < 1.29 is 9.59 Å². The number of carbonyl (C=O) groups excluding carboxylic acids is 2. The minimum atomic E-state index is -0.0901. The number of nitrogens with one attached hydrogen (secondary N) is 1. The number of rotatable bonds is 9. The SMILES string of the molecule is C=CCN(CC=C)C(=O)CCCNC(=O)c1ccsc1. The summed E-state index contributed by atoms with van der Waals surface area (Å²) >= 11 is 1.49. The van der Waals surface area contributed by atoms with Crippen LogP contribution < -0.4 is 5.32 Å². The highest BCUT2D eigenvalue weighted by Gasteiger charge is 2.10. The Kier molecular flexibility index (Phi) is 7.35. The Morgan fingerprint density at radius 3 is 2.55 bits per heavy atom. The minimum Gasteiger partial charge on any atom is -0.352 e. The second kappa shape index (κ2) is 9.09. The summed E-state index contributed by atoms with van der Waals surface area (Å²) in [5, 5.41) is 6.46. The molecule has 0 radical (unpaired) electrons. The van der Waals surface area contributed by atoms with Gasteiger partial charge in [-0.1, -0.05) is 12.2 Å². The van der Waals surface area contributed by atoms with Crippen molar-refractivity contribution in [3.8, 4) is 0 Å². The van der Waals surface area contributed by atoms with Crippen LogP contribution in [0.4, 0.5) is 0 Å². The Balaban J connectivity index is 2.25. The molecule has 0 spiro atoms. The molecule has 0 aromatic carbocycles. The Labute approximate surface area is 123 Å². The summed E-state index contributed by atoms with van der Waals surface area (Å²) < 4.78 is 0. The summed E-state index contributed by atoms with van der Waals surface area (Å²) in [6.07, 6.45) is 4.42. The number of thiophene rings is 1. The van der Waals surface area contributed by atoms with Crippen molar-refractivity contribution in [1.29, 1.82) is 0 Å². The maximum absolute atomic E-state index is 11.9. The van der Waals surface area contributed by atoms with Crippen LogP contribution in [0.2, 0.25) is 0 Å². The number of hydrogen-bond donors (Lipinski definition) is 1. The van der Waals surface area contributed by atoms with E-state index in [0.29, 0.717) is 38.0 Å². The van der Waals surface area contributed by atoms with Crippen LogP contribution in [0, 0.1) is 0 Å². The summed E-state index contributed by atoms with van der Waals surface area (Å²) in [5.41, 5.74) is 0.668. The van der Waals surface area contributed by atoms with Crippen molar-refractivity contribution in [2.75, 3.05) is 19.6 Å². The van der Waals surface area contributed by atoms with E-state index in [1.807, 2.05) is 5.38 Å². The van der Waals surface area contributed by atoms with Crippen molar-refractivity contribution in [3.05, 3.63) is 47.7 Å². The van der Waals surface area contributed by atoms with Crippen LogP contribution in [0.25, 0.3) is 0 Å². The molecule has 20 heavy (non-hydrogen) atoms. The van der Waals surface area contributed by atoms with Gasteiger partial charge in [-0.3, -0.25) is 9.59 Å². The highest BCUT2D eigenvalue weighted by atomic mass is 32.1. The number of hydrogen-bond acceptors (Lipinski definition) is 3. The predicted molar refractivity (Wildman–Crippen MR) is 82.9 cm³/mol. The van der Waals surface area contributed by atoms with Gasteiger partial charge in [0.25, 0.3) is 5.91 Å². The third-order valence-corrected chi connectivity index (χ3v) is 3.37. The Morgan fingerprint density at radius 1 is 1.30 bits per heavy atom. The van der Waals surface area contributed by atoms with Gasteiger partial charge in [0.05, 0.1) is 0 Å². The number of carbonyl (C=O) groups is 2. The first-order valence-corrected chi connectivity index (χ1v) is 7.43. The van der Waals surface area contributed by atoms with E-state index in [4.69, 9.17) is 0 Å². The standard InChI is InChI=1S/C15H20N2O2S/c1-3-9-17(10-4-2)14(18)6-5-8-16-15(19)13-7-11-20-12-13/h3-4,7,11-12H,1-2,5-6,8-10H2,(H,16,19). The third kappa shape index (κ3) is 5.40. The average molecular weight is 292 g/mol. The maximum Gasteiger partial charge on any atom is 0.252 e. The van der Waals surface area contributed by atoms with Crippen molar-refractivity contribution in [3.63, 3.8) is 0 Å². The molecule has 0 aliphatic carbocycles. The van der Waals surface area contributed by atoms with E-state index >= 15 is 0 Å². The van der Waals surface area contributed by atoms with Crippen LogP contribution in [0.3, 0.4) is 0 Å². The molecule has 0 saturated heterocycles. The zero-order valence-corrected chi connectivity index (χ0v) is 12.3. The monoisotopic (exact) mass is 292 g/mol. The largest absolute Gasteiger partial charge is 0.352 e. The van der Waals surface area contributed by atoms with Crippen molar-refractivity contribution in [2.45, 2.75) is 12.8 Å². The smallest absolute Gasteiger partial charge is 0.252 e. The van der Waals surface area contributed by atoms with Crippen LogP contribution in [0.15, 0.2) is 42.1 Å². The normalized spacial score (nSPS) is 9.80. The van der Waals surface area contributed by atoms with Gasteiger partial charge in [0.1, 0.15) is 0 Å². The lowest BCUT2D eigenvalue weighted by Crippen LogP contribution is -2.32. The first-order chi connectivity index (χ1) is 9.69. The van der Waals surface area contributed by atoms with Gasteiger partial charge in [-0.2, -0.15) is 11.3 Å². The molecular weight excluding hydrogens is 272 g/mol. The second-order valence-corrected chi connectivity index (χ2v) is 5.03. The lowest BCUT2D eigenvalue weighted by Gasteiger charge is -2.19. The molecule has 0 bridgehead atoms. The van der Waals surface area contributed by atoms with Crippen LogP contribution >= 0.6 is 11.3 Å². The predicted octanol–water partition coefficient (Wildman–Crippen LogP) is 2.46. The molecule has 5 heteroatoms. The molecule has 1 N–H and O–H groups in total. The van der Waals surface area contributed by atoms with Gasteiger partial charge in [-0.05, 0) is 17.9 Å². The fourth-order valence-electron chi connectivity index (χ4n) is 1.69. The summed E-state index contributed by atoms with van der Waals surface area (Å²) in [5.74, 6) is -0.0395. The first-order valence-electron chi connectivity index (χ1n) is 6.49. The fraction of sp³-hybridized carbons (Fsp3) is 0.333. The molecule has 0 aliphatic heterocycles. The lowest BCUT2D eigenvalue weighted by atomic mass is 10.2. The van der Waals surface area contributed by atoms with Gasteiger partial charge in [-0.15, -0.1) is 13.2 Å². The fourth-order valence-corrected chi connectivity index (χ4v) is 2.32. The van der Waals surface area contributed by atoms with Gasteiger partial charge >= 0.3 is 0 Å². The average Bonchev–Trinajstić information content (AvgIpc) is 2.97. The molecule has 2 amide bonds. The Hall–Kier alpha value is -1.88. The second-order valence-electron chi connectivity index (χ2n) is 4.25. The number of nitrogens with zero attached hydrogens (tertiary/aromatic N) is 1. The van der Waals surface area contributed by atoms with E-state index in [1.54, 1.807) is 28.5 Å². The Morgan fingerprint density at radius 2 is 2.00 bits per heavy atom. The molecular formula is C15H20N2O2S. The maximum atomic E-state index is 11.9. The lowest BCUT2D eigenvalue weighted by molar-refractivity contribution is -0.130. The van der Waals surface area contributed by atoms with Crippen LogP contribution in [0.1, 0.15) is 23.2 Å². The molecule has 108 valence electrons. The summed E-state index contributed by atoms with van der Waals surface area (Å²) in [6, 6.07) is 1.78. The van der Waals surface area contributed by atoms with Crippen molar-refractivity contribution >= 4 is 23.2 Å². The molecule has 0 saturated carbocycles. The molecule has 0 unspecified atom stereocenters. The zero-order chi connectivity index (χ0) is 14.8. The van der Waals surface area contributed by atoms with Crippen LogP contribution in [-0.2, 0) is 4.79 Å². The molecule has 1 aromatic heterocycles. The Bertz CT molecular complexity index is 444. The van der Waals surface area contributed by atoms with Gasteiger partial charge < -0.3 is 10.2 Å². The topological polar surface area (TPSA) is 49.4 Å². The highest BCUT2D eigenvalue weighted by Crippen LogP contribution is 2.05. The minimum absolute atomic E-state index is 0.0505. The van der Waals surface area contributed by atoms with Gasteiger partial charge in [0, 0.05) is 37.0 Å². The van der Waals surface area contributed by atoms with Crippen molar-refractivity contribution in [2.24, 2.45) is 0 Å². The van der Waals surface area contributed by atoms with Crippen LogP contribution in [0.5, 0.6) is 0 Å². The van der Waals surface area contributed by atoms with Gasteiger partial charge in [0.15, 0.2) is 0 Å². The van der Waals surface area contributed by atoms with Crippen LogP contribution in [-0.4, -0.2) is 36.3 Å². The van der Waals surface area contributed by atoms with E-state index < -0.39 is 0 Å². The first kappa shape index (κ1) is 16.2. The third-order valence-electron chi connectivity index (χ3n) is 2.69. The van der Waals surface area contributed by atoms with E-state index in [1.165, 1.54) is 11.3 Å². The van der Waals surface area contributed by atoms with E-state index in [-0.39, 0.29) is 11.8 Å². The highest BCUT2D eigenvalue weighted by molar-refractivity contribution is 7.08. The molecule has 0 aliphatic rings. The van der Waals surface area contributed by atoms with E-state index in [2.05, 4.69) is 18.5 Å². The van der Waals surface area contributed by atoms with Gasteiger partial charge in [0.2, 0.25) is 5.91 Å². The molecule has 1 rings (SSSR count). The van der Waals surface area contributed by atoms with Gasteiger partial charge in [-0.25, -0.2) is 0 Å². The molecule has 0 fully saturated rings. The molecule has 0 atom stereocenters.